The van der Waals surface area contributed by atoms with Crippen molar-refractivity contribution in [2.45, 2.75) is 12.8 Å². The van der Waals surface area contributed by atoms with Gasteiger partial charge in [-0.1, -0.05) is 16.8 Å². The molecule has 27 heavy (non-hydrogen) atoms. The third-order valence-electron chi connectivity index (χ3n) is 4.26. The Morgan fingerprint density at radius 2 is 1.89 bits per heavy atom. The van der Waals surface area contributed by atoms with Crippen LogP contribution in [0.4, 0.5) is 5.82 Å². The van der Waals surface area contributed by atoms with Gasteiger partial charge in [-0.15, -0.1) is 0 Å². The zero-order valence-corrected chi connectivity index (χ0v) is 15.1. The Morgan fingerprint density at radius 3 is 2.52 bits per heavy atom. The first-order valence-electron chi connectivity index (χ1n) is 8.44. The van der Waals surface area contributed by atoms with Crippen LogP contribution >= 0.6 is 11.6 Å². The quantitative estimate of drug-likeness (QED) is 0.785. The van der Waals surface area contributed by atoms with E-state index in [0.717, 1.165) is 0 Å². The maximum absolute atomic E-state index is 12.5. The van der Waals surface area contributed by atoms with Crippen molar-refractivity contribution in [2.24, 2.45) is 5.92 Å². The molecule has 1 aromatic heterocycles. The molecule has 2 aromatic rings. The maximum Gasteiger partial charge on any atom is 0.309 e. The van der Waals surface area contributed by atoms with Gasteiger partial charge in [-0.05, 0) is 37.1 Å². The van der Waals surface area contributed by atoms with Gasteiger partial charge in [-0.3, -0.25) is 14.4 Å². The molecule has 0 saturated carbocycles. The smallest absolute Gasteiger partial charge is 0.309 e. The Kier molecular flexibility index (Phi) is 6.08. The minimum Gasteiger partial charge on any atom is -0.455 e. The summed E-state index contributed by atoms with van der Waals surface area (Å²) in [5.41, 5.74) is 0.560. The number of halogens is 1. The van der Waals surface area contributed by atoms with E-state index in [-0.39, 0.29) is 17.6 Å². The molecule has 0 unspecified atom stereocenters. The van der Waals surface area contributed by atoms with Gasteiger partial charge in [0.25, 0.3) is 11.8 Å². The highest BCUT2D eigenvalue weighted by Crippen LogP contribution is 2.21. The van der Waals surface area contributed by atoms with Crippen LogP contribution in [0.5, 0.6) is 0 Å². The number of ether oxygens (including phenoxy) is 1. The predicted molar refractivity (Wildman–Crippen MR) is 96.2 cm³/mol. The summed E-state index contributed by atoms with van der Waals surface area (Å²) in [7, 11) is 0. The summed E-state index contributed by atoms with van der Waals surface area (Å²) in [4.78, 5) is 38.0. The van der Waals surface area contributed by atoms with E-state index in [9.17, 15) is 14.4 Å². The Hall–Kier alpha value is -2.87. The van der Waals surface area contributed by atoms with E-state index in [0.29, 0.717) is 36.5 Å². The lowest BCUT2D eigenvalue weighted by atomic mass is 9.96. The normalized spacial score (nSPS) is 14.6. The number of nitrogens with one attached hydrogen (secondary N) is 1. The number of hydrogen-bond acceptors (Lipinski definition) is 6. The molecular weight excluding hydrogens is 374 g/mol. The predicted octanol–water partition coefficient (Wildman–Crippen LogP) is 2.36. The van der Waals surface area contributed by atoms with Crippen LogP contribution in [0.2, 0.25) is 5.02 Å². The number of rotatable bonds is 5. The largest absolute Gasteiger partial charge is 0.455 e. The number of likely N-dealkylation sites (tertiary alicyclic amines) is 1. The van der Waals surface area contributed by atoms with Crippen molar-refractivity contribution in [1.82, 2.24) is 10.1 Å². The van der Waals surface area contributed by atoms with Crippen LogP contribution in [-0.4, -0.2) is 47.5 Å². The van der Waals surface area contributed by atoms with E-state index in [2.05, 4.69) is 15.0 Å². The summed E-state index contributed by atoms with van der Waals surface area (Å²) < 4.78 is 9.65. The van der Waals surface area contributed by atoms with Gasteiger partial charge in [0, 0.05) is 29.7 Å². The molecule has 1 saturated heterocycles. The molecule has 0 bridgehead atoms. The summed E-state index contributed by atoms with van der Waals surface area (Å²) in [6, 6.07) is 8.18. The van der Waals surface area contributed by atoms with E-state index in [1.165, 1.54) is 12.3 Å². The average molecular weight is 392 g/mol. The molecule has 9 heteroatoms. The lowest BCUT2D eigenvalue weighted by Crippen LogP contribution is -2.41. The average Bonchev–Trinajstić information content (AvgIpc) is 3.19. The topological polar surface area (TPSA) is 102 Å². The Labute approximate surface area is 160 Å². The summed E-state index contributed by atoms with van der Waals surface area (Å²) >= 11 is 5.83. The van der Waals surface area contributed by atoms with Crippen LogP contribution in [0, 0.1) is 5.92 Å². The SMILES string of the molecule is O=C(COC(=O)C1CCN(C(=O)c2ccc(Cl)cc2)CC1)Nc1ccon1. The van der Waals surface area contributed by atoms with Gasteiger partial charge in [-0.25, -0.2) is 0 Å². The van der Waals surface area contributed by atoms with Crippen molar-refractivity contribution in [1.29, 1.82) is 0 Å². The third kappa shape index (κ3) is 5.07. The fourth-order valence-corrected chi connectivity index (χ4v) is 2.93. The molecule has 8 nitrogen and oxygen atoms in total. The number of anilines is 1. The fourth-order valence-electron chi connectivity index (χ4n) is 2.80. The number of aromatic nitrogens is 1. The van der Waals surface area contributed by atoms with Gasteiger partial charge >= 0.3 is 5.97 Å². The van der Waals surface area contributed by atoms with E-state index < -0.39 is 18.5 Å². The highest BCUT2D eigenvalue weighted by molar-refractivity contribution is 6.30. The van der Waals surface area contributed by atoms with Crippen LogP contribution in [0.1, 0.15) is 23.2 Å². The molecular formula is C18H18ClN3O5. The van der Waals surface area contributed by atoms with Gasteiger partial charge in [0.2, 0.25) is 0 Å². The van der Waals surface area contributed by atoms with Crippen molar-refractivity contribution in [2.75, 3.05) is 25.0 Å². The van der Waals surface area contributed by atoms with Gasteiger partial charge in [0.15, 0.2) is 12.4 Å². The summed E-state index contributed by atoms with van der Waals surface area (Å²) in [5, 5.41) is 6.55. The summed E-state index contributed by atoms with van der Waals surface area (Å²) in [6.45, 7) is 0.508. The molecule has 0 atom stereocenters. The minimum atomic E-state index is -0.493. The molecule has 1 N–H and O–H groups in total. The second-order valence-electron chi connectivity index (χ2n) is 6.11. The molecule has 2 heterocycles. The van der Waals surface area contributed by atoms with Crippen LogP contribution in [-0.2, 0) is 14.3 Å². The van der Waals surface area contributed by atoms with E-state index in [1.807, 2.05) is 0 Å². The molecule has 0 spiro atoms. The second kappa shape index (κ2) is 8.68. The maximum atomic E-state index is 12.5. The number of benzene rings is 1. The summed E-state index contributed by atoms with van der Waals surface area (Å²) in [5.74, 6) is -1.11. The Morgan fingerprint density at radius 1 is 1.19 bits per heavy atom. The van der Waals surface area contributed by atoms with E-state index in [1.54, 1.807) is 29.2 Å². The van der Waals surface area contributed by atoms with Crippen LogP contribution in [0.15, 0.2) is 41.1 Å². The lowest BCUT2D eigenvalue weighted by molar-refractivity contribution is -0.152. The highest BCUT2D eigenvalue weighted by atomic mass is 35.5. The number of esters is 1. The fraction of sp³-hybridized carbons (Fsp3) is 0.333. The first-order valence-corrected chi connectivity index (χ1v) is 8.82. The molecule has 1 aliphatic heterocycles. The van der Waals surface area contributed by atoms with Crippen molar-refractivity contribution in [3.63, 3.8) is 0 Å². The van der Waals surface area contributed by atoms with Crippen molar-refractivity contribution >= 4 is 35.2 Å². The van der Waals surface area contributed by atoms with Crippen LogP contribution in [0.3, 0.4) is 0 Å². The zero-order chi connectivity index (χ0) is 19.2. The van der Waals surface area contributed by atoms with Gasteiger partial charge in [0.1, 0.15) is 6.26 Å². The Bertz CT molecular complexity index is 799. The monoisotopic (exact) mass is 391 g/mol. The molecule has 1 aliphatic rings. The van der Waals surface area contributed by atoms with E-state index in [4.69, 9.17) is 16.3 Å². The van der Waals surface area contributed by atoms with Crippen LogP contribution < -0.4 is 5.32 Å². The second-order valence-corrected chi connectivity index (χ2v) is 6.55. The number of nitrogens with zero attached hydrogens (tertiary/aromatic N) is 2. The number of piperidine rings is 1. The molecule has 0 aliphatic carbocycles. The van der Waals surface area contributed by atoms with Gasteiger partial charge in [-0.2, -0.15) is 0 Å². The first-order chi connectivity index (χ1) is 13.0. The standard InChI is InChI=1S/C18H18ClN3O5/c19-14-3-1-12(2-4-14)17(24)22-8-5-13(6-9-22)18(25)26-11-16(23)20-15-7-10-27-21-15/h1-4,7,10,13H,5-6,8-9,11H2,(H,20,21,23). The van der Waals surface area contributed by atoms with Gasteiger partial charge < -0.3 is 19.5 Å². The molecule has 1 fully saturated rings. The Balaban J connectivity index is 1.43. The molecule has 2 amide bonds. The summed E-state index contributed by atoms with van der Waals surface area (Å²) in [6.07, 6.45) is 2.30. The number of amides is 2. The molecule has 3 rings (SSSR count). The minimum absolute atomic E-state index is 0.0922. The first kappa shape index (κ1) is 18.9. The number of hydrogen-bond donors (Lipinski definition) is 1. The highest BCUT2D eigenvalue weighted by Gasteiger charge is 2.29. The number of carbonyl (C=O) groups is 3. The zero-order valence-electron chi connectivity index (χ0n) is 14.4. The molecule has 0 radical (unpaired) electrons. The van der Waals surface area contributed by atoms with Crippen molar-refractivity contribution in [3.8, 4) is 0 Å². The van der Waals surface area contributed by atoms with Crippen molar-refractivity contribution < 1.29 is 23.6 Å². The van der Waals surface area contributed by atoms with Crippen molar-refractivity contribution in [3.05, 3.63) is 47.2 Å². The molecule has 1 aromatic carbocycles. The van der Waals surface area contributed by atoms with E-state index >= 15 is 0 Å². The van der Waals surface area contributed by atoms with Gasteiger partial charge in [0.05, 0.1) is 5.92 Å². The molecule has 142 valence electrons. The van der Waals surface area contributed by atoms with Crippen LogP contribution in [0.25, 0.3) is 0 Å². The third-order valence-corrected chi connectivity index (χ3v) is 4.51. The lowest BCUT2D eigenvalue weighted by Gasteiger charge is -2.31. The number of carbonyl (C=O) groups excluding carboxylic acids is 3.